The Kier molecular flexibility index (Phi) is 1.41. The average Bonchev–Trinajstić information content (AvgIpc) is 2.60. The minimum Gasteiger partial charge on any atom is -0.303 e. The van der Waals surface area contributed by atoms with E-state index in [4.69, 9.17) is 10.8 Å². The largest absolute Gasteiger partial charge is 0.303 e. The summed E-state index contributed by atoms with van der Waals surface area (Å²) in [5.41, 5.74) is 0. The van der Waals surface area contributed by atoms with Crippen LogP contribution in [0.2, 0.25) is 0 Å². The van der Waals surface area contributed by atoms with Crippen molar-refractivity contribution >= 4 is 12.4 Å². The van der Waals surface area contributed by atoms with E-state index >= 15 is 0 Å². The molecule has 2 rings (SSSR count). The van der Waals surface area contributed by atoms with Crippen LogP contribution in [0.4, 0.5) is 0 Å². The predicted octanol–water partition coefficient (Wildman–Crippen LogP) is 1.48. The summed E-state index contributed by atoms with van der Waals surface area (Å²) in [5, 5.41) is 14.2. The zero-order chi connectivity index (χ0) is 7.84. The molecule has 4 atom stereocenters. The average molecular weight is 146 g/mol. The van der Waals surface area contributed by atoms with Crippen LogP contribution in [0.15, 0.2) is 12.2 Å². The Balaban J connectivity index is 2.27. The van der Waals surface area contributed by atoms with Gasteiger partial charge >= 0.3 is 0 Å². The van der Waals surface area contributed by atoms with Crippen LogP contribution < -0.4 is 0 Å². The Morgan fingerprint density at radius 3 is 1.82 bits per heavy atom. The van der Waals surface area contributed by atoms with E-state index in [9.17, 15) is 0 Å². The lowest BCUT2D eigenvalue weighted by Crippen LogP contribution is -2.21. The Morgan fingerprint density at radius 2 is 1.45 bits per heavy atom. The first-order chi connectivity index (χ1) is 5.36. The topological polar surface area (TPSA) is 47.7 Å². The van der Waals surface area contributed by atoms with Crippen molar-refractivity contribution in [3.63, 3.8) is 0 Å². The maximum atomic E-state index is 7.08. The molecular formula is C9H10N2. The molecule has 11 heavy (non-hydrogen) atoms. The smallest absolute Gasteiger partial charge is 0.0568 e. The number of nitrogens with one attached hydrogen (secondary N) is 2. The van der Waals surface area contributed by atoms with Crippen LogP contribution in [0.25, 0.3) is 0 Å². The highest BCUT2D eigenvalue weighted by atomic mass is 14.5. The Bertz CT molecular complexity index is 198. The van der Waals surface area contributed by atoms with Crippen molar-refractivity contribution in [1.29, 1.82) is 10.8 Å². The fraction of sp³-hybridized carbons (Fsp3) is 0.556. The summed E-state index contributed by atoms with van der Waals surface area (Å²) in [4.78, 5) is 0. The fourth-order valence-electron chi connectivity index (χ4n) is 2.22. The normalized spacial score (nSPS) is 46.2. The Morgan fingerprint density at radius 1 is 1.00 bits per heavy atom. The number of rotatable bonds is 2. The second kappa shape index (κ2) is 2.29. The van der Waals surface area contributed by atoms with Gasteiger partial charge in [-0.2, -0.15) is 0 Å². The minimum absolute atomic E-state index is 0.141. The van der Waals surface area contributed by atoms with Gasteiger partial charge in [0, 0.05) is 11.8 Å². The van der Waals surface area contributed by atoms with Crippen molar-refractivity contribution in [1.82, 2.24) is 0 Å². The van der Waals surface area contributed by atoms with Gasteiger partial charge in [-0.25, -0.2) is 0 Å². The molecule has 1 fully saturated rings. The third-order valence-corrected chi connectivity index (χ3v) is 2.79. The van der Waals surface area contributed by atoms with Gasteiger partial charge in [0.25, 0.3) is 0 Å². The predicted molar refractivity (Wildman–Crippen MR) is 43.2 cm³/mol. The first kappa shape index (κ1) is 6.77. The van der Waals surface area contributed by atoms with E-state index in [1.807, 2.05) is 0 Å². The number of hydrogen-bond acceptors (Lipinski definition) is 2. The summed E-state index contributed by atoms with van der Waals surface area (Å²) in [6.07, 6.45) is 10.4. The summed E-state index contributed by atoms with van der Waals surface area (Å²) in [5.74, 6) is 1.23. The van der Waals surface area contributed by atoms with Crippen molar-refractivity contribution in [2.45, 2.75) is 6.42 Å². The van der Waals surface area contributed by atoms with Gasteiger partial charge in [-0.3, -0.25) is 0 Å². The second-order valence-corrected chi connectivity index (χ2v) is 3.29. The quantitative estimate of drug-likeness (QED) is 0.438. The molecule has 1 saturated carbocycles. The van der Waals surface area contributed by atoms with Gasteiger partial charge in [-0.15, -0.1) is 0 Å². The van der Waals surface area contributed by atoms with Crippen molar-refractivity contribution in [3.8, 4) is 0 Å². The summed E-state index contributed by atoms with van der Waals surface area (Å²) in [6, 6.07) is 0. The summed E-state index contributed by atoms with van der Waals surface area (Å²) in [6.45, 7) is 0. The van der Waals surface area contributed by atoms with E-state index in [1.165, 1.54) is 0 Å². The monoisotopic (exact) mass is 146 g/mol. The molecule has 2 aliphatic carbocycles. The highest BCUT2D eigenvalue weighted by molar-refractivity contribution is 5.71. The van der Waals surface area contributed by atoms with Crippen molar-refractivity contribution in [3.05, 3.63) is 12.2 Å². The summed E-state index contributed by atoms with van der Waals surface area (Å²) >= 11 is 0. The van der Waals surface area contributed by atoms with E-state index < -0.39 is 0 Å². The van der Waals surface area contributed by atoms with E-state index in [1.54, 1.807) is 0 Å². The van der Waals surface area contributed by atoms with Crippen LogP contribution >= 0.6 is 0 Å². The molecule has 0 aromatic rings. The molecule has 2 bridgehead atoms. The van der Waals surface area contributed by atoms with Crippen LogP contribution in [0.1, 0.15) is 6.42 Å². The van der Waals surface area contributed by atoms with E-state index in [2.05, 4.69) is 24.6 Å². The van der Waals surface area contributed by atoms with E-state index in [0.717, 1.165) is 6.42 Å². The molecule has 2 heteroatoms. The maximum absolute atomic E-state index is 7.08. The standard InChI is InChI=1S/C9H10N2/c10-4-8-6-1-2-7(3-6)9(8)5-11/h1-2,6-11H,3H2. The van der Waals surface area contributed by atoms with Gasteiger partial charge in [0.05, 0.1) is 12.4 Å². The molecular weight excluding hydrogens is 136 g/mol. The van der Waals surface area contributed by atoms with E-state index in [0.29, 0.717) is 11.8 Å². The third-order valence-electron chi connectivity index (χ3n) is 2.79. The van der Waals surface area contributed by atoms with Crippen LogP contribution in [0, 0.1) is 34.5 Å². The third kappa shape index (κ3) is 0.785. The lowest BCUT2D eigenvalue weighted by atomic mass is 9.85. The molecule has 2 N–H and O–H groups in total. The van der Waals surface area contributed by atoms with Crippen LogP contribution in [-0.2, 0) is 0 Å². The molecule has 0 aromatic carbocycles. The van der Waals surface area contributed by atoms with Crippen molar-refractivity contribution in [2.75, 3.05) is 0 Å². The molecule has 0 amide bonds. The molecule has 0 heterocycles. The maximum Gasteiger partial charge on any atom is 0.0568 e. The molecule has 2 aliphatic rings. The highest BCUT2D eigenvalue weighted by Gasteiger charge is 2.42. The van der Waals surface area contributed by atoms with Crippen LogP contribution in [0.3, 0.4) is 0 Å². The van der Waals surface area contributed by atoms with Crippen molar-refractivity contribution < 1.29 is 0 Å². The zero-order valence-corrected chi connectivity index (χ0v) is 6.17. The Hall–Kier alpha value is -0.920. The first-order valence-corrected chi connectivity index (χ1v) is 3.89. The molecule has 2 radical (unpaired) electrons. The number of allylic oxidation sites excluding steroid dienone is 2. The molecule has 0 aromatic heterocycles. The molecule has 56 valence electrons. The zero-order valence-electron chi connectivity index (χ0n) is 6.17. The van der Waals surface area contributed by atoms with Gasteiger partial charge in [0.1, 0.15) is 0 Å². The highest BCUT2D eigenvalue weighted by Crippen LogP contribution is 2.45. The molecule has 0 spiro atoms. The van der Waals surface area contributed by atoms with Gasteiger partial charge < -0.3 is 10.8 Å². The molecule has 2 nitrogen and oxygen atoms in total. The lowest BCUT2D eigenvalue weighted by molar-refractivity contribution is 0.515. The summed E-state index contributed by atoms with van der Waals surface area (Å²) in [7, 11) is 0. The van der Waals surface area contributed by atoms with E-state index in [-0.39, 0.29) is 11.8 Å². The number of hydrogen-bond donors (Lipinski definition) is 2. The van der Waals surface area contributed by atoms with Gasteiger partial charge in [-0.1, -0.05) is 12.2 Å². The number of fused-ring (bicyclic) bond motifs is 2. The summed E-state index contributed by atoms with van der Waals surface area (Å²) < 4.78 is 0. The van der Waals surface area contributed by atoms with Gasteiger partial charge in [0.15, 0.2) is 0 Å². The first-order valence-electron chi connectivity index (χ1n) is 3.89. The minimum atomic E-state index is 0.141. The molecule has 0 aliphatic heterocycles. The fourth-order valence-corrected chi connectivity index (χ4v) is 2.22. The van der Waals surface area contributed by atoms with Crippen molar-refractivity contribution in [2.24, 2.45) is 23.7 Å². The van der Waals surface area contributed by atoms with Gasteiger partial charge in [-0.05, 0) is 18.3 Å². The van der Waals surface area contributed by atoms with Gasteiger partial charge in [0.2, 0.25) is 0 Å². The Labute approximate surface area is 66.3 Å². The molecule has 0 saturated heterocycles. The second-order valence-electron chi connectivity index (χ2n) is 3.29. The molecule has 4 unspecified atom stereocenters. The lowest BCUT2D eigenvalue weighted by Gasteiger charge is -2.18. The SMILES string of the molecule is N=[C]C1C2C=CC(C2)C1[C]=N. The van der Waals surface area contributed by atoms with Crippen LogP contribution in [0.5, 0.6) is 0 Å². The van der Waals surface area contributed by atoms with Crippen LogP contribution in [-0.4, -0.2) is 12.4 Å².